The van der Waals surface area contributed by atoms with Gasteiger partial charge in [0, 0.05) is 34.2 Å². The minimum atomic E-state index is 0. The molecule has 0 N–H and O–H groups in total. The van der Waals surface area contributed by atoms with E-state index in [0.717, 1.165) is 133 Å². The molecule has 0 atom stereocenters. The molecule has 0 saturated heterocycles. The van der Waals surface area contributed by atoms with Crippen LogP contribution in [0, 0.1) is 18.2 Å². The second kappa shape index (κ2) is 20.1. The van der Waals surface area contributed by atoms with Gasteiger partial charge < -0.3 is 14.4 Å². The maximum Gasteiger partial charge on any atom is 3.00 e. The molecule has 0 fully saturated rings. The molecule has 0 aliphatic heterocycles. The van der Waals surface area contributed by atoms with Crippen LogP contribution < -0.4 is 0 Å². The first-order valence-electron chi connectivity index (χ1n) is 25.4. The second-order valence-electron chi connectivity index (χ2n) is 20.1. The second-order valence-corrected chi connectivity index (χ2v) is 20.1. The molecule has 0 aliphatic carbocycles. The average Bonchev–Trinajstić information content (AvgIpc) is 3.96. The van der Waals surface area contributed by atoms with Crippen molar-refractivity contribution >= 4 is 32.8 Å². The Hall–Kier alpha value is -8.86. The van der Waals surface area contributed by atoms with E-state index >= 15 is 0 Å². The van der Waals surface area contributed by atoms with Gasteiger partial charge >= 0.3 is 20.1 Å². The van der Waals surface area contributed by atoms with Gasteiger partial charge in [-0.3, -0.25) is 4.98 Å². The van der Waals surface area contributed by atoms with Gasteiger partial charge in [0.25, 0.3) is 0 Å². The molecule has 362 valence electrons. The summed E-state index contributed by atoms with van der Waals surface area (Å²) in [5, 5.41) is 3.22. The van der Waals surface area contributed by atoms with E-state index in [2.05, 4.69) is 232 Å². The third-order valence-corrected chi connectivity index (χ3v) is 14.3. The van der Waals surface area contributed by atoms with Crippen LogP contribution in [0.5, 0.6) is 0 Å². The minimum absolute atomic E-state index is 0. The molecule has 0 aliphatic rings. The maximum atomic E-state index is 6.58. The fourth-order valence-electron chi connectivity index (χ4n) is 10.5. The summed E-state index contributed by atoms with van der Waals surface area (Å²) in [6.07, 6.45) is 3.72. The normalized spacial score (nSPS) is 11.5. The molecular weight excluding hydrogens is 1100 g/mol. The van der Waals surface area contributed by atoms with E-state index in [1.165, 1.54) is 5.56 Å². The molecule has 0 unspecified atom stereocenters. The van der Waals surface area contributed by atoms with E-state index in [1.807, 2.05) is 48.8 Å². The van der Waals surface area contributed by atoms with Crippen molar-refractivity contribution in [2.24, 2.45) is 0 Å². The Balaban J connectivity index is 0.00000582. The Morgan fingerprint density at radius 1 is 0.395 bits per heavy atom. The fourth-order valence-corrected chi connectivity index (χ4v) is 10.5. The van der Waals surface area contributed by atoms with Crippen LogP contribution in [0.1, 0.15) is 26.3 Å². The maximum absolute atomic E-state index is 6.58. The van der Waals surface area contributed by atoms with Crippen LogP contribution in [0.3, 0.4) is 0 Å². The molecule has 76 heavy (non-hydrogen) atoms. The fraction of sp³-hybridized carbons (Fsp3) is 0.0563. The molecule has 4 heterocycles. The molecule has 9 aromatic carbocycles. The minimum Gasteiger partial charge on any atom is -0.464 e. The SMILES string of the molecule is CC(C)(C)c1ccnc(-c2[c-]cc(-c3ccccc3-c3cc(-c4ccccc4-c4c[c-]c(-c5ccccn5)cc4)cc(-c4ccccc4-c4c[c-]c(-c5nc6ccccc6c6c5oc5ccccc56)cc4)c3)cc2)c1.[Ir+3]. The Morgan fingerprint density at radius 3 is 1.37 bits per heavy atom. The number of para-hydroxylation sites is 2. The van der Waals surface area contributed by atoms with Gasteiger partial charge in [-0.05, 0) is 98.2 Å². The molecule has 4 aromatic heterocycles. The number of hydrogen-bond donors (Lipinski definition) is 0. The van der Waals surface area contributed by atoms with Crippen LogP contribution >= 0.6 is 0 Å². The van der Waals surface area contributed by atoms with Gasteiger partial charge in [0.05, 0.1) is 5.52 Å². The number of rotatable bonds is 9. The third kappa shape index (κ3) is 9.04. The summed E-state index contributed by atoms with van der Waals surface area (Å²) in [7, 11) is 0. The van der Waals surface area contributed by atoms with Crippen LogP contribution in [0.25, 0.3) is 133 Å². The van der Waals surface area contributed by atoms with E-state index in [1.54, 1.807) is 0 Å². The van der Waals surface area contributed by atoms with Gasteiger partial charge in [-0.15, -0.1) is 89.5 Å². The van der Waals surface area contributed by atoms with Crippen LogP contribution in [0.4, 0.5) is 0 Å². The Bertz CT molecular complexity index is 4250. The van der Waals surface area contributed by atoms with Crippen LogP contribution in [0.15, 0.2) is 241 Å². The molecular formula is C71H48IrN3O. The number of furan rings is 1. The summed E-state index contributed by atoms with van der Waals surface area (Å²) in [5.74, 6) is 0. The average molecular weight is 1150 g/mol. The van der Waals surface area contributed by atoms with Gasteiger partial charge in [0.15, 0.2) is 0 Å². The van der Waals surface area contributed by atoms with Gasteiger partial charge in [-0.1, -0.05) is 182 Å². The van der Waals surface area contributed by atoms with Crippen molar-refractivity contribution < 1.29 is 24.5 Å². The molecule has 0 spiro atoms. The van der Waals surface area contributed by atoms with Crippen molar-refractivity contribution in [2.45, 2.75) is 26.2 Å². The predicted octanol–water partition coefficient (Wildman–Crippen LogP) is 18.6. The van der Waals surface area contributed by atoms with Gasteiger partial charge in [-0.25, -0.2) is 0 Å². The first-order chi connectivity index (χ1) is 36.8. The first kappa shape index (κ1) is 48.1. The van der Waals surface area contributed by atoms with Crippen LogP contribution in [-0.4, -0.2) is 15.0 Å². The smallest absolute Gasteiger partial charge is 0.464 e. The largest absolute Gasteiger partial charge is 3.00 e. The van der Waals surface area contributed by atoms with Crippen molar-refractivity contribution in [3.63, 3.8) is 0 Å². The van der Waals surface area contributed by atoms with Crippen molar-refractivity contribution in [1.82, 2.24) is 15.0 Å². The summed E-state index contributed by atoms with van der Waals surface area (Å²) in [5.41, 5.74) is 22.3. The summed E-state index contributed by atoms with van der Waals surface area (Å²) in [6.45, 7) is 6.69. The Kier molecular flexibility index (Phi) is 12.7. The topological polar surface area (TPSA) is 51.8 Å². The van der Waals surface area contributed by atoms with E-state index in [9.17, 15) is 0 Å². The van der Waals surface area contributed by atoms with Crippen molar-refractivity contribution in [3.8, 4) is 101 Å². The Morgan fingerprint density at radius 2 is 0.855 bits per heavy atom. The summed E-state index contributed by atoms with van der Waals surface area (Å²) in [6, 6.07) is 89.9. The monoisotopic (exact) mass is 1150 g/mol. The number of hydrogen-bond acceptors (Lipinski definition) is 4. The van der Waals surface area contributed by atoms with Gasteiger partial charge in [0.2, 0.25) is 0 Å². The zero-order valence-corrected chi connectivity index (χ0v) is 44.5. The molecule has 13 aromatic rings. The van der Waals surface area contributed by atoms with E-state index in [4.69, 9.17) is 14.4 Å². The standard InChI is InChI=1S/C71H48N3O.Ir/c1-71(2,3)55-39-41-73-66(45-55)50-35-29-47(30-36-50)57-17-5-8-20-60(57)53-42-52(59-19-7-4-16-56(59)46-27-33-49(34-28-46)64-24-14-15-40-72-64)43-54(44-53)61-21-9-6-18-58(61)48-31-37-51(38-32-48)69-70-68(62-22-10-12-25-65(62)74-69)63-23-11-13-26-67(63)75-70;/h4-33,35,37,39-45H,1-3H3;/q-3;+3. The number of pyridine rings is 3. The van der Waals surface area contributed by atoms with E-state index in [0.29, 0.717) is 0 Å². The van der Waals surface area contributed by atoms with Crippen molar-refractivity contribution in [1.29, 1.82) is 0 Å². The molecule has 0 amide bonds. The van der Waals surface area contributed by atoms with Gasteiger partial charge in [0.1, 0.15) is 11.2 Å². The number of nitrogens with zero attached hydrogens (tertiary/aromatic N) is 3. The third-order valence-electron chi connectivity index (χ3n) is 14.3. The zero-order valence-electron chi connectivity index (χ0n) is 42.1. The molecule has 4 nitrogen and oxygen atoms in total. The zero-order chi connectivity index (χ0) is 50.5. The van der Waals surface area contributed by atoms with Gasteiger partial charge in [-0.2, -0.15) is 0 Å². The summed E-state index contributed by atoms with van der Waals surface area (Å²) >= 11 is 0. The van der Waals surface area contributed by atoms with Crippen LogP contribution in [-0.2, 0) is 25.5 Å². The van der Waals surface area contributed by atoms with E-state index < -0.39 is 0 Å². The molecule has 0 saturated carbocycles. The molecule has 0 radical (unpaired) electrons. The predicted molar refractivity (Wildman–Crippen MR) is 309 cm³/mol. The summed E-state index contributed by atoms with van der Waals surface area (Å²) in [4.78, 5) is 14.5. The number of fused-ring (bicyclic) bond motifs is 5. The quantitative estimate of drug-likeness (QED) is 0.135. The van der Waals surface area contributed by atoms with E-state index in [-0.39, 0.29) is 25.5 Å². The summed E-state index contributed by atoms with van der Waals surface area (Å²) < 4.78 is 6.58. The Labute approximate surface area is 456 Å². The number of benzene rings is 9. The molecule has 5 heteroatoms. The molecule has 13 rings (SSSR count). The van der Waals surface area contributed by atoms with Crippen LogP contribution in [0.2, 0.25) is 0 Å². The van der Waals surface area contributed by atoms with Crippen molar-refractivity contribution in [2.75, 3.05) is 0 Å². The molecule has 0 bridgehead atoms. The first-order valence-corrected chi connectivity index (χ1v) is 25.4. The van der Waals surface area contributed by atoms with Crippen molar-refractivity contribution in [3.05, 3.63) is 261 Å². The number of aromatic nitrogens is 3.